The van der Waals surface area contributed by atoms with Gasteiger partial charge in [0.05, 0.1) is 5.69 Å². The van der Waals surface area contributed by atoms with Gasteiger partial charge in [0.1, 0.15) is 0 Å². The Morgan fingerprint density at radius 1 is 1.27 bits per heavy atom. The number of nitrogens with zero attached hydrogens (tertiary/aromatic N) is 2. The fourth-order valence-electron chi connectivity index (χ4n) is 2.43. The maximum atomic E-state index is 12.0. The number of benzene rings is 1. The number of aromatic nitrogens is 1. The summed E-state index contributed by atoms with van der Waals surface area (Å²) in [7, 11) is 0. The molecule has 2 heterocycles. The molecule has 3 nitrogen and oxygen atoms in total. The molecule has 0 radical (unpaired) electrons. The van der Waals surface area contributed by atoms with Crippen LogP contribution < -0.4 is 0 Å². The van der Waals surface area contributed by atoms with Crippen molar-refractivity contribution in [1.29, 1.82) is 0 Å². The van der Waals surface area contributed by atoms with Crippen molar-refractivity contribution in [2.75, 3.05) is 18.8 Å². The lowest BCUT2D eigenvalue weighted by molar-refractivity contribution is -0.129. The number of carbonyl (C=O) groups excluding carboxylic acids is 1. The van der Waals surface area contributed by atoms with Crippen LogP contribution in [0.15, 0.2) is 38.5 Å². The van der Waals surface area contributed by atoms with Crippen LogP contribution in [0.25, 0.3) is 11.3 Å². The minimum atomic E-state index is 0.287. The molecule has 1 aliphatic rings. The first-order valence-electron chi connectivity index (χ1n) is 7.34. The molecule has 3 rings (SSSR count). The summed E-state index contributed by atoms with van der Waals surface area (Å²) in [4.78, 5) is 18.6. The van der Waals surface area contributed by atoms with E-state index in [1.54, 1.807) is 23.1 Å². The molecular weight excluding hydrogens is 380 g/mol. The highest BCUT2D eigenvalue weighted by atomic mass is 79.9. The molecule has 0 unspecified atom stereocenters. The molecule has 0 saturated carbocycles. The summed E-state index contributed by atoms with van der Waals surface area (Å²) >= 11 is 6.77. The molecule has 1 aromatic carbocycles. The molecule has 0 spiro atoms. The standard InChI is InChI=1S/C16H17BrN2OS2/c17-13-5-3-12(4-6-13)14-11-22-16(18-14)21-10-7-15(20)19-8-1-2-9-19/h3-6,11H,1-2,7-10H2. The van der Waals surface area contributed by atoms with E-state index < -0.39 is 0 Å². The minimum Gasteiger partial charge on any atom is -0.343 e. The third kappa shape index (κ3) is 4.12. The Morgan fingerprint density at radius 2 is 2.00 bits per heavy atom. The van der Waals surface area contributed by atoms with Crippen LogP contribution in [0, 0.1) is 0 Å². The van der Waals surface area contributed by atoms with E-state index in [0.29, 0.717) is 6.42 Å². The van der Waals surface area contributed by atoms with Gasteiger partial charge in [-0.1, -0.05) is 39.8 Å². The topological polar surface area (TPSA) is 33.2 Å². The largest absolute Gasteiger partial charge is 0.343 e. The highest BCUT2D eigenvalue weighted by molar-refractivity contribution is 9.10. The second-order valence-electron chi connectivity index (χ2n) is 5.19. The van der Waals surface area contributed by atoms with Gasteiger partial charge in [0.15, 0.2) is 4.34 Å². The van der Waals surface area contributed by atoms with Gasteiger partial charge < -0.3 is 4.90 Å². The molecule has 1 aromatic heterocycles. The number of thiazole rings is 1. The number of hydrogen-bond acceptors (Lipinski definition) is 4. The first-order chi connectivity index (χ1) is 10.7. The normalized spacial score (nSPS) is 14.5. The van der Waals surface area contributed by atoms with Gasteiger partial charge >= 0.3 is 0 Å². The smallest absolute Gasteiger partial charge is 0.223 e. The van der Waals surface area contributed by atoms with Crippen molar-refractivity contribution in [3.8, 4) is 11.3 Å². The lowest BCUT2D eigenvalue weighted by Gasteiger charge is -2.14. The fraction of sp³-hybridized carbons (Fsp3) is 0.375. The van der Waals surface area contributed by atoms with Crippen molar-refractivity contribution in [3.05, 3.63) is 34.1 Å². The first kappa shape index (κ1) is 16.0. The van der Waals surface area contributed by atoms with Gasteiger partial charge in [-0.2, -0.15) is 0 Å². The van der Waals surface area contributed by atoms with Gasteiger partial charge in [0.2, 0.25) is 5.91 Å². The average Bonchev–Trinajstić information content (AvgIpc) is 3.19. The average molecular weight is 397 g/mol. The van der Waals surface area contributed by atoms with E-state index in [9.17, 15) is 4.79 Å². The summed E-state index contributed by atoms with van der Waals surface area (Å²) in [6.45, 7) is 1.88. The molecule has 0 aliphatic carbocycles. The number of halogens is 1. The van der Waals surface area contributed by atoms with E-state index in [2.05, 4.69) is 38.4 Å². The molecule has 1 fully saturated rings. The second kappa shape index (κ2) is 7.62. The van der Waals surface area contributed by atoms with Crippen LogP contribution in [0.3, 0.4) is 0 Å². The molecule has 1 aliphatic heterocycles. The van der Waals surface area contributed by atoms with E-state index in [4.69, 9.17) is 0 Å². The van der Waals surface area contributed by atoms with E-state index in [1.807, 2.05) is 17.0 Å². The SMILES string of the molecule is O=C(CCSc1nc(-c2ccc(Br)cc2)cs1)N1CCCC1. The highest BCUT2D eigenvalue weighted by Gasteiger charge is 2.17. The Bertz CT molecular complexity index is 636. The third-order valence-electron chi connectivity index (χ3n) is 3.62. The molecule has 0 bridgehead atoms. The van der Waals surface area contributed by atoms with Crippen molar-refractivity contribution in [1.82, 2.24) is 9.88 Å². The van der Waals surface area contributed by atoms with Crippen LogP contribution >= 0.6 is 39.0 Å². The summed E-state index contributed by atoms with van der Waals surface area (Å²) < 4.78 is 2.11. The van der Waals surface area contributed by atoms with Crippen LogP contribution in [-0.4, -0.2) is 34.6 Å². The van der Waals surface area contributed by atoms with Crippen LogP contribution in [-0.2, 0) is 4.79 Å². The molecule has 22 heavy (non-hydrogen) atoms. The summed E-state index contributed by atoms with van der Waals surface area (Å²) in [5.74, 6) is 1.09. The first-order valence-corrected chi connectivity index (χ1v) is 10.0. The summed E-state index contributed by atoms with van der Waals surface area (Å²) in [5, 5.41) is 2.08. The van der Waals surface area contributed by atoms with E-state index in [0.717, 1.165) is 51.8 Å². The number of thioether (sulfide) groups is 1. The Labute approximate surface area is 147 Å². The van der Waals surface area contributed by atoms with Gasteiger partial charge in [-0.3, -0.25) is 4.79 Å². The van der Waals surface area contributed by atoms with Gasteiger partial charge in [-0.05, 0) is 25.0 Å². The molecule has 1 amide bonds. The molecule has 6 heteroatoms. The van der Waals surface area contributed by atoms with Crippen molar-refractivity contribution in [2.24, 2.45) is 0 Å². The van der Waals surface area contributed by atoms with Crippen LogP contribution in [0.2, 0.25) is 0 Å². The van der Waals surface area contributed by atoms with Gasteiger partial charge in [0, 0.05) is 40.7 Å². The zero-order valence-electron chi connectivity index (χ0n) is 12.1. The highest BCUT2D eigenvalue weighted by Crippen LogP contribution is 2.29. The van der Waals surface area contributed by atoms with E-state index in [1.165, 1.54) is 0 Å². The maximum absolute atomic E-state index is 12.0. The predicted molar refractivity (Wildman–Crippen MR) is 96.4 cm³/mol. The number of rotatable bonds is 5. The van der Waals surface area contributed by atoms with Crippen molar-refractivity contribution in [3.63, 3.8) is 0 Å². The molecule has 0 atom stereocenters. The predicted octanol–water partition coefficient (Wildman–Crippen LogP) is 4.68. The third-order valence-corrected chi connectivity index (χ3v) is 6.17. The van der Waals surface area contributed by atoms with Crippen LogP contribution in [0.1, 0.15) is 19.3 Å². The Hall–Kier alpha value is -0.850. The lowest BCUT2D eigenvalue weighted by Crippen LogP contribution is -2.27. The van der Waals surface area contributed by atoms with Crippen LogP contribution in [0.5, 0.6) is 0 Å². The Morgan fingerprint density at radius 3 is 2.73 bits per heavy atom. The molecule has 2 aromatic rings. The maximum Gasteiger partial charge on any atom is 0.223 e. The fourth-order valence-corrected chi connectivity index (χ4v) is 4.52. The van der Waals surface area contributed by atoms with Crippen molar-refractivity contribution >= 4 is 44.9 Å². The summed E-state index contributed by atoms with van der Waals surface area (Å²) in [6, 6.07) is 8.17. The quantitative estimate of drug-likeness (QED) is 0.687. The zero-order chi connectivity index (χ0) is 15.4. The molecule has 116 valence electrons. The Kier molecular flexibility index (Phi) is 5.55. The van der Waals surface area contributed by atoms with Crippen molar-refractivity contribution in [2.45, 2.75) is 23.6 Å². The van der Waals surface area contributed by atoms with Gasteiger partial charge in [-0.15, -0.1) is 11.3 Å². The van der Waals surface area contributed by atoms with Crippen molar-refractivity contribution < 1.29 is 4.79 Å². The summed E-state index contributed by atoms with van der Waals surface area (Å²) in [6.07, 6.45) is 2.92. The van der Waals surface area contributed by atoms with Gasteiger partial charge in [-0.25, -0.2) is 4.98 Å². The Balaban J connectivity index is 1.51. The van der Waals surface area contributed by atoms with E-state index >= 15 is 0 Å². The lowest BCUT2D eigenvalue weighted by atomic mass is 10.2. The van der Waals surface area contributed by atoms with Gasteiger partial charge in [0.25, 0.3) is 0 Å². The second-order valence-corrected chi connectivity index (χ2v) is 8.31. The molecule has 0 N–H and O–H groups in total. The zero-order valence-corrected chi connectivity index (χ0v) is 15.3. The van der Waals surface area contributed by atoms with E-state index in [-0.39, 0.29) is 5.91 Å². The molecular formula is C16H17BrN2OS2. The summed E-state index contributed by atoms with van der Waals surface area (Å²) in [5.41, 5.74) is 2.13. The number of likely N-dealkylation sites (tertiary alicyclic amines) is 1. The monoisotopic (exact) mass is 396 g/mol. The number of amides is 1. The number of hydrogen-bond donors (Lipinski definition) is 0. The number of carbonyl (C=O) groups is 1. The molecule has 1 saturated heterocycles. The minimum absolute atomic E-state index is 0.287. The van der Waals surface area contributed by atoms with Crippen LogP contribution in [0.4, 0.5) is 0 Å².